The molecule has 1 fully saturated rings. The number of hydrogen-bond acceptors (Lipinski definition) is 5. The van der Waals surface area contributed by atoms with Gasteiger partial charge in [-0.3, -0.25) is 14.7 Å². The van der Waals surface area contributed by atoms with E-state index in [1.54, 1.807) is 26.2 Å². The number of likely N-dealkylation sites (tertiary alicyclic amines) is 1. The van der Waals surface area contributed by atoms with Crippen molar-refractivity contribution in [2.45, 2.75) is 38.3 Å². The SMILES string of the molecule is Cc1ccc(O)c(CN2CCCC(O)(CC(=O)N(C)C)C2)n1. The van der Waals surface area contributed by atoms with Crippen LogP contribution in [0.4, 0.5) is 0 Å². The monoisotopic (exact) mass is 307 g/mol. The van der Waals surface area contributed by atoms with Gasteiger partial charge in [0.2, 0.25) is 5.91 Å². The molecule has 1 aromatic rings. The molecule has 0 bridgehead atoms. The van der Waals surface area contributed by atoms with Gasteiger partial charge in [-0.25, -0.2) is 0 Å². The first-order valence-electron chi connectivity index (χ1n) is 7.59. The number of nitrogens with zero attached hydrogens (tertiary/aromatic N) is 3. The molecule has 2 N–H and O–H groups in total. The number of rotatable bonds is 4. The van der Waals surface area contributed by atoms with Crippen LogP contribution >= 0.6 is 0 Å². The van der Waals surface area contributed by atoms with E-state index >= 15 is 0 Å². The summed E-state index contributed by atoms with van der Waals surface area (Å²) in [5, 5.41) is 20.6. The van der Waals surface area contributed by atoms with Crippen molar-refractivity contribution < 1.29 is 15.0 Å². The van der Waals surface area contributed by atoms with Crippen LogP contribution in [0.15, 0.2) is 12.1 Å². The molecule has 1 amide bonds. The zero-order chi connectivity index (χ0) is 16.3. The molecule has 0 radical (unpaired) electrons. The number of hydrogen-bond donors (Lipinski definition) is 2. The molecule has 1 saturated heterocycles. The van der Waals surface area contributed by atoms with Gasteiger partial charge in [0.1, 0.15) is 5.75 Å². The van der Waals surface area contributed by atoms with Gasteiger partial charge in [-0.05, 0) is 38.4 Å². The number of pyridine rings is 1. The summed E-state index contributed by atoms with van der Waals surface area (Å²) in [4.78, 5) is 19.8. The number of carbonyl (C=O) groups excluding carboxylic acids is 1. The zero-order valence-electron chi connectivity index (χ0n) is 13.5. The minimum absolute atomic E-state index is 0.0686. The fraction of sp³-hybridized carbons (Fsp3) is 0.625. The van der Waals surface area contributed by atoms with Gasteiger partial charge in [0.15, 0.2) is 0 Å². The fourth-order valence-corrected chi connectivity index (χ4v) is 2.86. The predicted molar refractivity (Wildman–Crippen MR) is 83.4 cm³/mol. The van der Waals surface area contributed by atoms with Crippen LogP contribution in [-0.2, 0) is 11.3 Å². The highest BCUT2D eigenvalue weighted by molar-refractivity contribution is 5.76. The predicted octanol–water partition coefficient (Wildman–Crippen LogP) is 0.901. The van der Waals surface area contributed by atoms with Crippen LogP contribution in [0.25, 0.3) is 0 Å². The molecule has 2 rings (SSSR count). The van der Waals surface area contributed by atoms with Crippen LogP contribution in [0, 0.1) is 6.92 Å². The van der Waals surface area contributed by atoms with Gasteiger partial charge in [0.25, 0.3) is 0 Å². The summed E-state index contributed by atoms with van der Waals surface area (Å²) < 4.78 is 0. The van der Waals surface area contributed by atoms with Crippen molar-refractivity contribution in [3.63, 3.8) is 0 Å². The lowest BCUT2D eigenvalue weighted by molar-refractivity contribution is -0.136. The molecule has 0 spiro atoms. The normalized spacial score (nSPS) is 22.5. The van der Waals surface area contributed by atoms with E-state index < -0.39 is 5.60 Å². The molecule has 6 nitrogen and oxygen atoms in total. The third kappa shape index (κ3) is 4.18. The zero-order valence-corrected chi connectivity index (χ0v) is 13.5. The number of aromatic nitrogens is 1. The first-order valence-corrected chi connectivity index (χ1v) is 7.59. The number of aryl methyl sites for hydroxylation is 1. The minimum atomic E-state index is -1.00. The standard InChI is InChI=1S/C16H25N3O3/c1-12-5-6-14(20)13(17-12)10-19-8-4-7-16(22,11-19)9-15(21)18(2)3/h5-6,20,22H,4,7-11H2,1-3H3. The highest BCUT2D eigenvalue weighted by Gasteiger charge is 2.36. The number of carbonyl (C=O) groups is 1. The lowest BCUT2D eigenvalue weighted by atomic mass is 9.89. The second-order valence-corrected chi connectivity index (χ2v) is 6.42. The molecule has 6 heteroatoms. The second kappa shape index (κ2) is 6.62. The Balaban J connectivity index is 2.04. The average Bonchev–Trinajstić information content (AvgIpc) is 2.42. The summed E-state index contributed by atoms with van der Waals surface area (Å²) in [6, 6.07) is 3.41. The molecule has 1 unspecified atom stereocenters. The maximum atomic E-state index is 11.9. The summed E-state index contributed by atoms with van der Waals surface area (Å²) in [7, 11) is 3.39. The molecule has 1 aliphatic rings. The summed E-state index contributed by atoms with van der Waals surface area (Å²) in [5.74, 6) is 0.102. The number of aliphatic hydroxyl groups is 1. The Morgan fingerprint density at radius 1 is 1.45 bits per heavy atom. The van der Waals surface area contributed by atoms with E-state index in [4.69, 9.17) is 0 Å². The average molecular weight is 307 g/mol. The Bertz CT molecular complexity index is 547. The van der Waals surface area contributed by atoms with Crippen LogP contribution < -0.4 is 0 Å². The van der Waals surface area contributed by atoms with Crippen molar-refractivity contribution in [2.24, 2.45) is 0 Å². The lowest BCUT2D eigenvalue weighted by Crippen LogP contribution is -2.50. The van der Waals surface area contributed by atoms with Crippen LogP contribution in [0.2, 0.25) is 0 Å². The summed E-state index contributed by atoms with van der Waals surface area (Å²) in [6.45, 7) is 3.60. The van der Waals surface area contributed by atoms with E-state index in [0.717, 1.165) is 18.7 Å². The maximum Gasteiger partial charge on any atom is 0.224 e. The van der Waals surface area contributed by atoms with Crippen LogP contribution in [0.3, 0.4) is 0 Å². The first-order chi connectivity index (χ1) is 10.3. The van der Waals surface area contributed by atoms with Crippen LogP contribution in [0.1, 0.15) is 30.7 Å². The molecule has 1 aromatic heterocycles. The van der Waals surface area contributed by atoms with E-state index in [-0.39, 0.29) is 18.1 Å². The molecule has 122 valence electrons. The van der Waals surface area contributed by atoms with E-state index in [1.165, 1.54) is 4.90 Å². The van der Waals surface area contributed by atoms with E-state index in [1.807, 2.05) is 11.8 Å². The lowest BCUT2D eigenvalue weighted by Gasteiger charge is -2.39. The van der Waals surface area contributed by atoms with Gasteiger partial charge < -0.3 is 15.1 Å². The van der Waals surface area contributed by atoms with E-state index in [2.05, 4.69) is 4.98 Å². The quantitative estimate of drug-likeness (QED) is 0.864. The van der Waals surface area contributed by atoms with Crippen molar-refractivity contribution in [3.05, 3.63) is 23.5 Å². The first kappa shape index (κ1) is 16.7. The number of piperidine rings is 1. The van der Waals surface area contributed by atoms with Crippen molar-refractivity contribution in [3.8, 4) is 5.75 Å². The number of aromatic hydroxyl groups is 1. The Morgan fingerprint density at radius 3 is 2.86 bits per heavy atom. The molecule has 2 heterocycles. The summed E-state index contributed by atoms with van der Waals surface area (Å²) in [5.41, 5.74) is 0.463. The van der Waals surface area contributed by atoms with E-state index in [9.17, 15) is 15.0 Å². The van der Waals surface area contributed by atoms with Crippen molar-refractivity contribution in [1.29, 1.82) is 0 Å². The van der Waals surface area contributed by atoms with E-state index in [0.29, 0.717) is 25.2 Å². The van der Waals surface area contributed by atoms with Crippen molar-refractivity contribution >= 4 is 5.91 Å². The molecule has 0 aromatic carbocycles. The fourth-order valence-electron chi connectivity index (χ4n) is 2.86. The van der Waals surface area contributed by atoms with Gasteiger partial charge >= 0.3 is 0 Å². The molecule has 1 aliphatic heterocycles. The Morgan fingerprint density at radius 2 is 2.18 bits per heavy atom. The highest BCUT2D eigenvalue weighted by atomic mass is 16.3. The van der Waals surface area contributed by atoms with Crippen LogP contribution in [0.5, 0.6) is 5.75 Å². The van der Waals surface area contributed by atoms with Gasteiger partial charge in [-0.15, -0.1) is 0 Å². The van der Waals surface area contributed by atoms with Gasteiger partial charge in [-0.1, -0.05) is 0 Å². The topological polar surface area (TPSA) is 76.9 Å². The smallest absolute Gasteiger partial charge is 0.224 e. The largest absolute Gasteiger partial charge is 0.506 e. The molecular weight excluding hydrogens is 282 g/mol. The number of β-amino-alcohol motifs (C(OH)–C–C–N with tert-alkyl or cyclic N) is 1. The van der Waals surface area contributed by atoms with Crippen LogP contribution in [-0.4, -0.2) is 63.7 Å². The molecule has 1 atom stereocenters. The summed E-state index contributed by atoms with van der Waals surface area (Å²) >= 11 is 0. The van der Waals surface area contributed by atoms with Crippen molar-refractivity contribution in [1.82, 2.24) is 14.8 Å². The molecular formula is C16H25N3O3. The molecule has 0 aliphatic carbocycles. The van der Waals surface area contributed by atoms with Crippen molar-refractivity contribution in [2.75, 3.05) is 27.2 Å². The Labute approximate surface area is 131 Å². The molecule has 22 heavy (non-hydrogen) atoms. The second-order valence-electron chi connectivity index (χ2n) is 6.42. The summed E-state index contributed by atoms with van der Waals surface area (Å²) in [6.07, 6.45) is 1.57. The highest BCUT2D eigenvalue weighted by Crippen LogP contribution is 2.27. The molecule has 0 saturated carbocycles. The minimum Gasteiger partial charge on any atom is -0.506 e. The Hall–Kier alpha value is -1.66. The van der Waals surface area contributed by atoms with Gasteiger partial charge in [-0.2, -0.15) is 0 Å². The van der Waals surface area contributed by atoms with Gasteiger partial charge in [0, 0.05) is 32.9 Å². The van der Waals surface area contributed by atoms with Gasteiger partial charge in [0.05, 0.1) is 17.7 Å². The Kier molecular flexibility index (Phi) is 5.03. The maximum absolute atomic E-state index is 11.9. The third-order valence-electron chi connectivity index (χ3n) is 4.08. The third-order valence-corrected chi connectivity index (χ3v) is 4.08. The number of amides is 1.